The number of furan rings is 1. The molecule has 4 aromatic rings. The van der Waals surface area contributed by atoms with Crippen LogP contribution in [0.2, 0.25) is 0 Å². The molecular weight excluding hydrogens is 377 g/mol. The van der Waals surface area contributed by atoms with Crippen molar-refractivity contribution >= 4 is 16.8 Å². The Morgan fingerprint density at radius 2 is 1.80 bits per heavy atom. The van der Waals surface area contributed by atoms with Crippen molar-refractivity contribution in [2.24, 2.45) is 0 Å². The van der Waals surface area contributed by atoms with Crippen LogP contribution in [0.25, 0.3) is 33.4 Å². The van der Waals surface area contributed by atoms with Crippen molar-refractivity contribution in [3.63, 3.8) is 0 Å². The Morgan fingerprint density at radius 1 is 1.03 bits per heavy atom. The van der Waals surface area contributed by atoms with E-state index in [1.54, 1.807) is 12.1 Å². The predicted molar refractivity (Wildman–Crippen MR) is 117 cm³/mol. The van der Waals surface area contributed by atoms with Gasteiger partial charge in [-0.1, -0.05) is 49.6 Å². The quantitative estimate of drug-likeness (QED) is 0.394. The number of anilines is 1. The number of hydrogen-bond acceptors (Lipinski definition) is 3. The molecule has 0 radical (unpaired) electrons. The molecule has 0 bridgehead atoms. The van der Waals surface area contributed by atoms with Crippen molar-refractivity contribution in [2.45, 2.75) is 38.1 Å². The van der Waals surface area contributed by atoms with Crippen LogP contribution in [0.1, 0.15) is 37.7 Å². The van der Waals surface area contributed by atoms with Crippen LogP contribution in [0.15, 0.2) is 59.1 Å². The largest absolute Gasteiger partial charge is 0.439 e. The summed E-state index contributed by atoms with van der Waals surface area (Å²) in [6.45, 7) is 0. The monoisotopic (exact) mass is 399 g/mol. The highest BCUT2D eigenvalue weighted by Gasteiger charge is 2.26. The molecule has 5 rings (SSSR count). The Hall–Kier alpha value is -3.52. The molecule has 1 fully saturated rings. The zero-order valence-electron chi connectivity index (χ0n) is 16.5. The third kappa shape index (κ3) is 3.25. The van der Waals surface area contributed by atoms with E-state index in [-0.39, 0.29) is 5.82 Å². The van der Waals surface area contributed by atoms with Crippen LogP contribution in [0, 0.1) is 17.1 Å². The van der Waals surface area contributed by atoms with Crippen LogP contribution < -0.4 is 5.32 Å². The van der Waals surface area contributed by atoms with Gasteiger partial charge in [-0.25, -0.2) is 4.39 Å². The number of H-pyrrole nitrogens is 1. The zero-order chi connectivity index (χ0) is 20.5. The van der Waals surface area contributed by atoms with Crippen LogP contribution >= 0.6 is 0 Å². The number of nitriles is 1. The van der Waals surface area contributed by atoms with E-state index in [9.17, 15) is 9.65 Å². The SMILES string of the molecule is N#Cc1c(-c2c[nH]c3ccccc23)oc(NC2CCCCC2)c1-c1ccc(F)cc1. The first-order valence-corrected chi connectivity index (χ1v) is 10.4. The van der Waals surface area contributed by atoms with Gasteiger partial charge in [0.25, 0.3) is 0 Å². The van der Waals surface area contributed by atoms with Crippen molar-refractivity contribution < 1.29 is 8.81 Å². The lowest BCUT2D eigenvalue weighted by Crippen LogP contribution is -2.22. The summed E-state index contributed by atoms with van der Waals surface area (Å²) >= 11 is 0. The molecule has 1 saturated carbocycles. The Balaban J connectivity index is 1.68. The van der Waals surface area contributed by atoms with Gasteiger partial charge in [0, 0.05) is 28.7 Å². The van der Waals surface area contributed by atoms with Gasteiger partial charge < -0.3 is 14.7 Å². The highest BCUT2D eigenvalue weighted by atomic mass is 19.1. The molecule has 0 spiro atoms. The topological polar surface area (TPSA) is 64.8 Å². The maximum absolute atomic E-state index is 13.6. The molecule has 2 heterocycles. The molecule has 30 heavy (non-hydrogen) atoms. The minimum absolute atomic E-state index is 0.306. The number of benzene rings is 2. The molecule has 2 aromatic carbocycles. The molecule has 2 aromatic heterocycles. The number of fused-ring (bicyclic) bond motifs is 1. The summed E-state index contributed by atoms with van der Waals surface area (Å²) in [7, 11) is 0. The molecule has 1 aliphatic carbocycles. The van der Waals surface area contributed by atoms with E-state index in [0.29, 0.717) is 28.8 Å². The second kappa shape index (κ2) is 7.72. The zero-order valence-corrected chi connectivity index (χ0v) is 16.5. The van der Waals surface area contributed by atoms with Gasteiger partial charge in [0.15, 0.2) is 5.76 Å². The summed E-state index contributed by atoms with van der Waals surface area (Å²) in [4.78, 5) is 3.26. The predicted octanol–water partition coefficient (Wildman–Crippen LogP) is 6.85. The number of aromatic amines is 1. The number of halogens is 1. The van der Waals surface area contributed by atoms with Crippen LogP contribution in [0.5, 0.6) is 0 Å². The first-order chi connectivity index (χ1) is 14.7. The lowest BCUT2D eigenvalue weighted by molar-refractivity contribution is 0.452. The molecule has 0 saturated heterocycles. The third-order valence-electron chi connectivity index (χ3n) is 5.93. The number of hydrogen-bond donors (Lipinski definition) is 2. The van der Waals surface area contributed by atoms with Gasteiger partial charge in [-0.05, 0) is 36.6 Å². The minimum atomic E-state index is -0.306. The summed E-state index contributed by atoms with van der Waals surface area (Å²) in [6, 6.07) is 16.8. The second-order valence-corrected chi connectivity index (χ2v) is 7.86. The Morgan fingerprint density at radius 3 is 2.57 bits per heavy atom. The average molecular weight is 399 g/mol. The van der Waals surface area contributed by atoms with E-state index < -0.39 is 0 Å². The van der Waals surface area contributed by atoms with Gasteiger partial charge in [0.1, 0.15) is 17.4 Å². The fourth-order valence-corrected chi connectivity index (χ4v) is 4.41. The van der Waals surface area contributed by atoms with Crippen LogP contribution in [-0.4, -0.2) is 11.0 Å². The summed E-state index contributed by atoms with van der Waals surface area (Å²) in [5, 5.41) is 14.6. The Kier molecular flexibility index (Phi) is 4.76. The number of aromatic nitrogens is 1. The highest BCUT2D eigenvalue weighted by Crippen LogP contribution is 2.43. The Labute approximate surface area is 174 Å². The fraction of sp³-hybridized carbons (Fsp3) is 0.240. The van der Waals surface area contributed by atoms with Crippen molar-refractivity contribution in [3.05, 3.63) is 66.1 Å². The molecule has 150 valence electrons. The smallest absolute Gasteiger partial charge is 0.203 e. The van der Waals surface area contributed by atoms with E-state index in [1.165, 1.54) is 31.4 Å². The molecule has 0 unspecified atom stereocenters. The van der Waals surface area contributed by atoms with Gasteiger partial charge in [0.2, 0.25) is 5.88 Å². The summed E-state index contributed by atoms with van der Waals surface area (Å²) in [6.07, 6.45) is 7.66. The Bertz CT molecular complexity index is 1220. The van der Waals surface area contributed by atoms with Gasteiger partial charge in [-0.2, -0.15) is 5.26 Å². The van der Waals surface area contributed by atoms with Crippen molar-refractivity contribution in [1.82, 2.24) is 4.98 Å². The molecule has 0 aliphatic heterocycles. The van der Waals surface area contributed by atoms with Crippen LogP contribution in [0.4, 0.5) is 10.3 Å². The van der Waals surface area contributed by atoms with Gasteiger partial charge in [-0.15, -0.1) is 0 Å². The highest BCUT2D eigenvalue weighted by molar-refractivity contribution is 5.98. The van der Waals surface area contributed by atoms with Gasteiger partial charge in [-0.3, -0.25) is 0 Å². The number of nitrogens with one attached hydrogen (secondary N) is 2. The molecule has 0 atom stereocenters. The lowest BCUT2D eigenvalue weighted by Gasteiger charge is -2.23. The molecule has 2 N–H and O–H groups in total. The van der Waals surface area contributed by atoms with Gasteiger partial charge >= 0.3 is 0 Å². The second-order valence-electron chi connectivity index (χ2n) is 7.86. The summed E-state index contributed by atoms with van der Waals surface area (Å²) in [5.41, 5.74) is 3.76. The summed E-state index contributed by atoms with van der Waals surface area (Å²) < 4.78 is 19.9. The normalized spacial score (nSPS) is 14.7. The van der Waals surface area contributed by atoms with Crippen LogP contribution in [-0.2, 0) is 0 Å². The average Bonchev–Trinajstić information content (AvgIpc) is 3.36. The summed E-state index contributed by atoms with van der Waals surface area (Å²) in [5.74, 6) is 0.817. The van der Waals surface area contributed by atoms with Gasteiger partial charge in [0.05, 0.1) is 5.56 Å². The maximum Gasteiger partial charge on any atom is 0.203 e. The third-order valence-corrected chi connectivity index (χ3v) is 5.93. The maximum atomic E-state index is 13.6. The fourth-order valence-electron chi connectivity index (χ4n) is 4.41. The van der Waals surface area contributed by atoms with Crippen LogP contribution in [0.3, 0.4) is 0 Å². The van der Waals surface area contributed by atoms with E-state index in [1.807, 2.05) is 30.5 Å². The van der Waals surface area contributed by atoms with Crippen molar-refractivity contribution in [1.29, 1.82) is 5.26 Å². The van der Waals surface area contributed by atoms with Crippen molar-refractivity contribution in [3.8, 4) is 28.5 Å². The molecule has 4 nitrogen and oxygen atoms in total. The van der Waals surface area contributed by atoms with E-state index >= 15 is 0 Å². The standard InChI is InChI=1S/C25H22FN3O/c26-17-12-10-16(11-13-17)23-20(14-27)24(21-15-28-22-9-5-4-8-19(21)22)30-25(23)29-18-6-2-1-3-7-18/h4-5,8-13,15,18,28-29H,1-3,6-7H2. The number of para-hydroxylation sites is 1. The molecular formula is C25H22FN3O. The first-order valence-electron chi connectivity index (χ1n) is 10.4. The van der Waals surface area contributed by atoms with Crippen molar-refractivity contribution in [2.75, 3.05) is 5.32 Å². The molecule has 1 aliphatic rings. The number of rotatable bonds is 4. The van der Waals surface area contributed by atoms with E-state index in [4.69, 9.17) is 4.42 Å². The first kappa shape index (κ1) is 18.5. The molecule has 5 heteroatoms. The minimum Gasteiger partial charge on any atom is -0.439 e. The molecule has 0 amide bonds. The van der Waals surface area contributed by atoms with E-state index in [0.717, 1.165) is 34.9 Å². The number of nitrogens with zero attached hydrogens (tertiary/aromatic N) is 1. The van der Waals surface area contributed by atoms with E-state index in [2.05, 4.69) is 16.4 Å². The lowest BCUT2D eigenvalue weighted by atomic mass is 9.95.